The van der Waals surface area contributed by atoms with E-state index >= 15 is 0 Å². The molecule has 2 atom stereocenters. The topological polar surface area (TPSA) is 33.3 Å². The Balaban J connectivity index is 1.45. The molecule has 1 saturated heterocycles. The number of rotatable bonds is 8. The largest absolute Gasteiger partial charge is 0.491 e. The number of hydrogen-bond acceptors (Lipinski definition) is 3. The second kappa shape index (κ2) is 9.47. The van der Waals surface area contributed by atoms with Gasteiger partial charge in [0.25, 0.3) is 0 Å². The quantitative estimate of drug-likeness (QED) is 0.688. The van der Waals surface area contributed by atoms with E-state index < -0.39 is 0 Å². The standard InChI is InChI=1S/C22H30N2O/c1-18-9-7-13-20(24-18)17-23-21-14-5-6-15-22(21)25-16-8-12-19-10-3-2-4-11-19/h2-6,10-11,14-15,18,20,23-24H,7-9,12-13,16-17H2,1H3. The van der Waals surface area contributed by atoms with Gasteiger partial charge in [0, 0.05) is 18.6 Å². The number of anilines is 1. The first-order valence-corrected chi connectivity index (χ1v) is 9.57. The van der Waals surface area contributed by atoms with Crippen molar-refractivity contribution in [3.63, 3.8) is 0 Å². The van der Waals surface area contributed by atoms with E-state index in [1.54, 1.807) is 0 Å². The Hall–Kier alpha value is -2.00. The van der Waals surface area contributed by atoms with Crippen molar-refractivity contribution >= 4 is 5.69 Å². The highest BCUT2D eigenvalue weighted by Crippen LogP contribution is 2.24. The molecule has 25 heavy (non-hydrogen) atoms. The average Bonchev–Trinajstić information content (AvgIpc) is 2.65. The van der Waals surface area contributed by atoms with E-state index in [0.29, 0.717) is 12.1 Å². The molecule has 0 bridgehead atoms. The van der Waals surface area contributed by atoms with Crippen LogP contribution in [0.1, 0.15) is 38.2 Å². The highest BCUT2D eigenvalue weighted by Gasteiger charge is 2.17. The molecule has 2 unspecified atom stereocenters. The predicted molar refractivity (Wildman–Crippen MR) is 105 cm³/mol. The van der Waals surface area contributed by atoms with Crippen molar-refractivity contribution in [2.24, 2.45) is 0 Å². The Bertz CT molecular complexity index is 629. The monoisotopic (exact) mass is 338 g/mol. The fourth-order valence-corrected chi connectivity index (χ4v) is 3.48. The van der Waals surface area contributed by atoms with Gasteiger partial charge in [-0.25, -0.2) is 0 Å². The highest BCUT2D eigenvalue weighted by molar-refractivity contribution is 5.56. The molecule has 0 aromatic heterocycles. The van der Waals surface area contributed by atoms with Gasteiger partial charge in [-0.3, -0.25) is 0 Å². The Morgan fingerprint density at radius 3 is 2.68 bits per heavy atom. The maximum Gasteiger partial charge on any atom is 0.142 e. The molecule has 2 aromatic rings. The molecule has 0 saturated carbocycles. The van der Waals surface area contributed by atoms with Gasteiger partial charge in [0.1, 0.15) is 5.75 Å². The minimum Gasteiger partial charge on any atom is -0.491 e. The first-order chi connectivity index (χ1) is 12.3. The van der Waals surface area contributed by atoms with E-state index in [4.69, 9.17) is 4.74 Å². The van der Waals surface area contributed by atoms with Crippen LogP contribution in [0.25, 0.3) is 0 Å². The van der Waals surface area contributed by atoms with Crippen LogP contribution in [0, 0.1) is 0 Å². The van der Waals surface area contributed by atoms with Gasteiger partial charge in [0.2, 0.25) is 0 Å². The molecule has 134 valence electrons. The van der Waals surface area contributed by atoms with Gasteiger partial charge in [0.15, 0.2) is 0 Å². The molecule has 0 spiro atoms. The number of nitrogens with one attached hydrogen (secondary N) is 2. The molecule has 1 aliphatic rings. The van der Waals surface area contributed by atoms with Gasteiger partial charge >= 0.3 is 0 Å². The van der Waals surface area contributed by atoms with Crippen molar-refractivity contribution in [3.8, 4) is 5.75 Å². The third-order valence-electron chi connectivity index (χ3n) is 4.85. The van der Waals surface area contributed by atoms with Crippen LogP contribution < -0.4 is 15.4 Å². The lowest BCUT2D eigenvalue weighted by atomic mass is 9.99. The molecule has 3 nitrogen and oxygen atoms in total. The van der Waals surface area contributed by atoms with Gasteiger partial charge < -0.3 is 15.4 Å². The lowest BCUT2D eigenvalue weighted by Crippen LogP contribution is -2.44. The number of benzene rings is 2. The summed E-state index contributed by atoms with van der Waals surface area (Å²) in [5.74, 6) is 0.958. The highest BCUT2D eigenvalue weighted by atomic mass is 16.5. The third kappa shape index (κ3) is 5.79. The van der Waals surface area contributed by atoms with Crippen LogP contribution in [0.5, 0.6) is 5.75 Å². The Morgan fingerprint density at radius 1 is 1.04 bits per heavy atom. The summed E-state index contributed by atoms with van der Waals surface area (Å²) in [6, 6.07) is 20.0. The summed E-state index contributed by atoms with van der Waals surface area (Å²) >= 11 is 0. The lowest BCUT2D eigenvalue weighted by molar-refractivity contribution is 0.311. The van der Waals surface area contributed by atoms with Gasteiger partial charge in [-0.15, -0.1) is 0 Å². The summed E-state index contributed by atoms with van der Waals surface area (Å²) < 4.78 is 6.04. The molecule has 0 aliphatic carbocycles. The minimum atomic E-state index is 0.551. The fourth-order valence-electron chi connectivity index (χ4n) is 3.48. The number of para-hydroxylation sites is 2. The van der Waals surface area contributed by atoms with E-state index in [1.165, 1.54) is 24.8 Å². The van der Waals surface area contributed by atoms with Crippen LogP contribution in [0.2, 0.25) is 0 Å². The summed E-state index contributed by atoms with van der Waals surface area (Å²) in [5, 5.41) is 7.25. The van der Waals surface area contributed by atoms with Gasteiger partial charge in [-0.1, -0.05) is 48.9 Å². The molecule has 3 rings (SSSR count). The van der Waals surface area contributed by atoms with Crippen molar-refractivity contribution in [1.82, 2.24) is 5.32 Å². The van der Waals surface area contributed by atoms with E-state index in [1.807, 2.05) is 6.07 Å². The minimum absolute atomic E-state index is 0.551. The molecular formula is C22H30N2O. The number of piperidine rings is 1. The molecule has 1 aliphatic heterocycles. The zero-order valence-electron chi connectivity index (χ0n) is 15.2. The van der Waals surface area contributed by atoms with Gasteiger partial charge in [0.05, 0.1) is 12.3 Å². The SMILES string of the molecule is CC1CCCC(CNc2ccccc2OCCCc2ccccc2)N1. The third-order valence-corrected chi connectivity index (χ3v) is 4.85. The summed E-state index contributed by atoms with van der Waals surface area (Å²) in [6.07, 6.45) is 5.94. The molecular weight excluding hydrogens is 308 g/mol. The van der Waals surface area contributed by atoms with E-state index in [0.717, 1.165) is 37.4 Å². The van der Waals surface area contributed by atoms with Crippen molar-refractivity contribution in [3.05, 3.63) is 60.2 Å². The van der Waals surface area contributed by atoms with Crippen LogP contribution in [-0.2, 0) is 6.42 Å². The van der Waals surface area contributed by atoms with E-state index in [9.17, 15) is 0 Å². The fraction of sp³-hybridized carbons (Fsp3) is 0.455. The number of aryl methyl sites for hydroxylation is 1. The Morgan fingerprint density at radius 2 is 1.84 bits per heavy atom. The summed E-state index contributed by atoms with van der Waals surface area (Å²) in [5.41, 5.74) is 2.47. The smallest absolute Gasteiger partial charge is 0.142 e. The second-order valence-corrected chi connectivity index (χ2v) is 7.01. The van der Waals surface area contributed by atoms with E-state index in [-0.39, 0.29) is 0 Å². The predicted octanol–water partition coefficient (Wildman–Crippen LogP) is 4.64. The van der Waals surface area contributed by atoms with Gasteiger partial charge in [-0.05, 0) is 50.3 Å². The normalized spacial score (nSPS) is 20.2. The number of hydrogen-bond donors (Lipinski definition) is 2. The first-order valence-electron chi connectivity index (χ1n) is 9.57. The molecule has 2 N–H and O–H groups in total. The van der Waals surface area contributed by atoms with Crippen molar-refractivity contribution in [1.29, 1.82) is 0 Å². The Kier molecular flexibility index (Phi) is 6.75. The molecule has 2 aromatic carbocycles. The number of ether oxygens (including phenoxy) is 1. The average molecular weight is 338 g/mol. The van der Waals surface area contributed by atoms with Crippen LogP contribution in [0.3, 0.4) is 0 Å². The molecule has 1 heterocycles. The van der Waals surface area contributed by atoms with Crippen molar-refractivity contribution < 1.29 is 4.74 Å². The Labute approximate surface area is 151 Å². The van der Waals surface area contributed by atoms with Crippen molar-refractivity contribution in [2.45, 2.75) is 51.1 Å². The molecule has 1 fully saturated rings. The molecule has 0 radical (unpaired) electrons. The molecule has 0 amide bonds. The lowest BCUT2D eigenvalue weighted by Gasteiger charge is -2.29. The van der Waals surface area contributed by atoms with Crippen LogP contribution in [0.4, 0.5) is 5.69 Å². The second-order valence-electron chi connectivity index (χ2n) is 7.01. The van der Waals surface area contributed by atoms with Crippen LogP contribution in [-0.4, -0.2) is 25.2 Å². The van der Waals surface area contributed by atoms with Crippen LogP contribution in [0.15, 0.2) is 54.6 Å². The zero-order chi connectivity index (χ0) is 17.3. The summed E-state index contributed by atoms with van der Waals surface area (Å²) in [4.78, 5) is 0. The van der Waals surface area contributed by atoms with E-state index in [2.05, 4.69) is 66.1 Å². The first kappa shape index (κ1) is 17.8. The summed E-state index contributed by atoms with van der Waals surface area (Å²) in [7, 11) is 0. The molecule has 3 heteroatoms. The maximum atomic E-state index is 6.04. The summed E-state index contributed by atoms with van der Waals surface area (Å²) in [6.45, 7) is 3.97. The van der Waals surface area contributed by atoms with Crippen molar-refractivity contribution in [2.75, 3.05) is 18.5 Å². The maximum absolute atomic E-state index is 6.04. The van der Waals surface area contributed by atoms with Gasteiger partial charge in [-0.2, -0.15) is 0 Å². The zero-order valence-corrected chi connectivity index (χ0v) is 15.2. The van der Waals surface area contributed by atoms with Crippen LogP contribution >= 0.6 is 0 Å².